The number of nitriles is 2. The summed E-state index contributed by atoms with van der Waals surface area (Å²) in [5, 5.41) is 26.1. The number of anilines is 2. The van der Waals surface area contributed by atoms with Crippen LogP contribution in [-0.2, 0) is 14.3 Å². The molecule has 3 heterocycles. The van der Waals surface area contributed by atoms with Crippen molar-refractivity contribution in [1.29, 1.82) is 10.5 Å². The Bertz CT molecular complexity index is 2260. The third-order valence-electron chi connectivity index (χ3n) is 8.12. The van der Waals surface area contributed by atoms with E-state index in [0.717, 1.165) is 16.8 Å². The lowest BCUT2D eigenvalue weighted by Crippen LogP contribution is -2.14. The van der Waals surface area contributed by atoms with Crippen molar-refractivity contribution in [3.05, 3.63) is 135 Å². The molecule has 0 saturated heterocycles. The molecule has 0 unspecified atom stereocenters. The molecule has 0 aliphatic carbocycles. The number of thiocarbonyl (C=S) groups is 1. The number of ether oxygens (including phenoxy) is 4. The molecule has 2 aliphatic heterocycles. The van der Waals surface area contributed by atoms with Crippen LogP contribution in [0.15, 0.2) is 102 Å². The number of nitrogens with one attached hydrogen (secondary N) is 2. The van der Waals surface area contributed by atoms with Crippen LogP contribution in [0.4, 0.5) is 11.4 Å². The first-order valence-electron chi connectivity index (χ1n) is 17.4. The van der Waals surface area contributed by atoms with E-state index in [1.54, 1.807) is 57.1 Å². The van der Waals surface area contributed by atoms with Gasteiger partial charge in [-0.1, -0.05) is 71.8 Å². The fourth-order valence-corrected chi connectivity index (χ4v) is 6.42. The average Bonchev–Trinajstić information content (AvgIpc) is 3.57. The number of carbonyl (C=O) groups excluding carboxylic acids is 1. The molecular formula is C41H35Cl2IN8O5S. The summed E-state index contributed by atoms with van der Waals surface area (Å²) in [5.41, 5.74) is 6.14. The van der Waals surface area contributed by atoms with Crippen molar-refractivity contribution < 1.29 is 23.7 Å². The second-order valence-electron chi connectivity index (χ2n) is 12.0. The van der Waals surface area contributed by atoms with Gasteiger partial charge in [-0.25, -0.2) is 4.98 Å². The molecule has 17 heteroatoms. The molecule has 0 radical (unpaired) electrons. The highest BCUT2D eigenvalue weighted by Gasteiger charge is 2.23. The fourth-order valence-electron chi connectivity index (χ4n) is 5.50. The van der Waals surface area contributed by atoms with Crippen molar-refractivity contribution in [2.24, 2.45) is 9.98 Å². The zero-order valence-electron chi connectivity index (χ0n) is 31.2. The van der Waals surface area contributed by atoms with Gasteiger partial charge < -0.3 is 29.6 Å². The average molecular weight is 950 g/mol. The van der Waals surface area contributed by atoms with E-state index in [1.807, 2.05) is 51.4 Å². The Morgan fingerprint density at radius 1 is 0.759 bits per heavy atom. The number of methoxy groups -OCH3 is 2. The van der Waals surface area contributed by atoms with Crippen LogP contribution in [0.2, 0.25) is 10.0 Å². The second-order valence-corrected chi connectivity index (χ2v) is 14.4. The van der Waals surface area contributed by atoms with Crippen molar-refractivity contribution >= 4 is 92.0 Å². The molecule has 2 N–H and O–H groups in total. The predicted octanol–water partition coefficient (Wildman–Crippen LogP) is 7.93. The summed E-state index contributed by atoms with van der Waals surface area (Å²) in [7, 11) is 3.16. The Morgan fingerprint density at radius 2 is 1.26 bits per heavy atom. The molecule has 2 aliphatic rings. The molecule has 13 nitrogen and oxygen atoms in total. The normalized spacial score (nSPS) is 12.7. The quantitative estimate of drug-likeness (QED) is 0.0797. The first-order chi connectivity index (χ1) is 28.2. The van der Waals surface area contributed by atoms with Gasteiger partial charge in [0.1, 0.15) is 54.7 Å². The standard InChI is InChI=1S/C19H16ClN3O3.C19H16ClN3O2S.C3H3IN2/c1-25-6-7-26-17-9-16-14(8-12(17)10-21)19(22-11-18(24)23-16)13-4-2-3-5-15(13)20;1-24-6-7-25-17-9-16-14(8-12(17)10-21)19(22-11-18(26)23-16)13-4-2-3-5-15(13)20;4-6-2-1-5-3-6/h2-5,8-9H,6-7,11H2,1H3,(H,23,24);2-5,8-9H,6-7,11H2,1H3,(H,23,26);1-3H. The Labute approximate surface area is 364 Å². The predicted molar refractivity (Wildman–Crippen MR) is 237 cm³/mol. The third-order valence-corrected chi connectivity index (χ3v) is 9.58. The minimum atomic E-state index is -0.249. The van der Waals surface area contributed by atoms with Gasteiger partial charge in [-0.3, -0.25) is 17.6 Å². The van der Waals surface area contributed by atoms with Crippen LogP contribution in [-0.4, -0.2) is 83.8 Å². The number of amides is 1. The maximum Gasteiger partial charge on any atom is 0.246 e. The third kappa shape index (κ3) is 11.6. The largest absolute Gasteiger partial charge is 0.490 e. The van der Waals surface area contributed by atoms with Crippen LogP contribution in [0.25, 0.3) is 0 Å². The van der Waals surface area contributed by atoms with Gasteiger partial charge in [0.2, 0.25) is 5.91 Å². The van der Waals surface area contributed by atoms with Gasteiger partial charge in [0.15, 0.2) is 0 Å². The second kappa shape index (κ2) is 21.9. The van der Waals surface area contributed by atoms with E-state index < -0.39 is 0 Å². The highest BCUT2D eigenvalue weighted by molar-refractivity contribution is 14.1. The van der Waals surface area contributed by atoms with E-state index in [0.29, 0.717) is 98.9 Å². The van der Waals surface area contributed by atoms with Crippen molar-refractivity contribution in [2.45, 2.75) is 0 Å². The summed E-state index contributed by atoms with van der Waals surface area (Å²) >= 11 is 20.1. The van der Waals surface area contributed by atoms with E-state index in [4.69, 9.17) is 54.4 Å². The Hall–Kier alpha value is -5.40. The number of rotatable bonds is 10. The monoisotopic (exact) mass is 948 g/mol. The van der Waals surface area contributed by atoms with Gasteiger partial charge in [-0.05, 0) is 24.3 Å². The molecule has 1 amide bonds. The van der Waals surface area contributed by atoms with E-state index in [2.05, 4.69) is 60.6 Å². The summed E-state index contributed by atoms with van der Waals surface area (Å²) in [6.07, 6.45) is 5.35. The number of halogens is 3. The summed E-state index contributed by atoms with van der Waals surface area (Å²) in [5.74, 6) is 0.601. The Balaban J connectivity index is 0.000000193. The van der Waals surface area contributed by atoms with Gasteiger partial charge in [-0.2, -0.15) is 10.5 Å². The molecule has 1 aromatic heterocycles. The number of carbonyl (C=O) groups is 1. The molecule has 296 valence electrons. The van der Waals surface area contributed by atoms with E-state index in [-0.39, 0.29) is 12.5 Å². The number of imidazole rings is 1. The van der Waals surface area contributed by atoms with Crippen LogP contribution in [0.5, 0.6) is 11.5 Å². The SMILES string of the molecule is COCCOc1cc2c(cc1C#N)C(c1ccccc1Cl)=NCC(=O)N2.COCCOc1cc2c(cc1C#N)C(c1ccccc1Cl)=NCC(=S)N2.In1ccnc1. The number of benzodiazepines with no additional fused rings is 2. The first-order valence-corrected chi connectivity index (χ1v) is 19.5. The molecule has 0 saturated carbocycles. The van der Waals surface area contributed by atoms with Crippen LogP contribution < -0.4 is 20.1 Å². The van der Waals surface area contributed by atoms with Gasteiger partial charge >= 0.3 is 0 Å². The number of nitrogens with zero attached hydrogens (tertiary/aromatic N) is 6. The smallest absolute Gasteiger partial charge is 0.246 e. The van der Waals surface area contributed by atoms with Gasteiger partial charge in [0.25, 0.3) is 0 Å². The fraction of sp³-hybridized carbons (Fsp3) is 0.195. The van der Waals surface area contributed by atoms with Crippen molar-refractivity contribution in [3.8, 4) is 23.6 Å². The van der Waals surface area contributed by atoms with E-state index in [9.17, 15) is 15.3 Å². The van der Waals surface area contributed by atoms with Crippen molar-refractivity contribution in [1.82, 2.24) is 7.76 Å². The highest BCUT2D eigenvalue weighted by Crippen LogP contribution is 2.34. The van der Waals surface area contributed by atoms with Crippen molar-refractivity contribution in [2.75, 3.05) is 64.4 Å². The minimum Gasteiger partial charge on any atom is -0.490 e. The number of hydrogen-bond acceptors (Lipinski definition) is 11. The van der Waals surface area contributed by atoms with E-state index in [1.165, 1.54) is 0 Å². The minimum absolute atomic E-state index is 0.0308. The number of hydrogen-bond donors (Lipinski definition) is 2. The summed E-state index contributed by atoms with van der Waals surface area (Å²) in [6, 6.07) is 25.8. The zero-order chi connectivity index (χ0) is 41.4. The molecule has 5 aromatic rings. The first kappa shape index (κ1) is 43.7. The molecule has 58 heavy (non-hydrogen) atoms. The molecule has 0 bridgehead atoms. The van der Waals surface area contributed by atoms with Crippen LogP contribution in [0, 0.1) is 22.7 Å². The van der Waals surface area contributed by atoms with Crippen LogP contribution in [0.3, 0.4) is 0 Å². The lowest BCUT2D eigenvalue weighted by atomic mass is 9.98. The Kier molecular flexibility index (Phi) is 16.5. The molecule has 0 atom stereocenters. The highest BCUT2D eigenvalue weighted by atomic mass is 127. The summed E-state index contributed by atoms with van der Waals surface area (Å²) < 4.78 is 23.1. The lowest BCUT2D eigenvalue weighted by Gasteiger charge is -2.15. The van der Waals surface area contributed by atoms with Crippen LogP contribution in [0.1, 0.15) is 33.4 Å². The van der Waals surface area contributed by atoms with Crippen LogP contribution >= 0.6 is 58.3 Å². The zero-order valence-corrected chi connectivity index (χ0v) is 35.7. The van der Waals surface area contributed by atoms with Crippen molar-refractivity contribution in [3.63, 3.8) is 0 Å². The molecule has 4 aromatic carbocycles. The molecular weight excluding hydrogens is 914 g/mol. The molecule has 7 rings (SSSR count). The number of aliphatic imine (C=N–C) groups is 2. The number of aromatic nitrogens is 2. The van der Waals surface area contributed by atoms with E-state index >= 15 is 0 Å². The van der Waals surface area contributed by atoms with Gasteiger partial charge in [0, 0.05) is 71.0 Å². The van der Waals surface area contributed by atoms with Gasteiger partial charge in [0.05, 0.1) is 76.5 Å². The number of benzene rings is 4. The summed E-state index contributed by atoms with van der Waals surface area (Å²) in [6.45, 7) is 1.77. The topological polar surface area (TPSA) is 168 Å². The Morgan fingerprint density at radius 3 is 1.69 bits per heavy atom. The molecule has 0 fully saturated rings. The summed E-state index contributed by atoms with van der Waals surface area (Å²) in [4.78, 5) is 25.4. The maximum atomic E-state index is 12.1. The molecule has 0 spiro atoms. The maximum absolute atomic E-state index is 12.1. The van der Waals surface area contributed by atoms with Gasteiger partial charge in [-0.15, -0.1) is 0 Å². The lowest BCUT2D eigenvalue weighted by molar-refractivity contribution is -0.114. The number of fused-ring (bicyclic) bond motifs is 2.